The zero-order valence-electron chi connectivity index (χ0n) is 24.8. The fourth-order valence-corrected chi connectivity index (χ4v) is 4.86. The molecule has 5 rings (SSSR count). The van der Waals surface area contributed by atoms with Gasteiger partial charge in [-0.1, -0.05) is 6.07 Å². The number of methoxy groups -OCH3 is 2. The van der Waals surface area contributed by atoms with Crippen molar-refractivity contribution in [3.63, 3.8) is 0 Å². The molecule has 14 heteroatoms. The van der Waals surface area contributed by atoms with Gasteiger partial charge in [-0.2, -0.15) is 13.2 Å². The van der Waals surface area contributed by atoms with Crippen molar-refractivity contribution < 1.29 is 41.0 Å². The van der Waals surface area contributed by atoms with Gasteiger partial charge in [-0.05, 0) is 49.2 Å². The monoisotopic (exact) mass is 640 g/mol. The van der Waals surface area contributed by atoms with Gasteiger partial charge in [0.15, 0.2) is 23.1 Å². The van der Waals surface area contributed by atoms with E-state index in [-0.39, 0.29) is 51.0 Å². The summed E-state index contributed by atoms with van der Waals surface area (Å²) in [6.45, 7) is 1.18. The molecular weight excluding hydrogens is 615 g/mol. The summed E-state index contributed by atoms with van der Waals surface area (Å²) in [5, 5.41) is 2.38. The smallest absolute Gasteiger partial charge is 0.406 e. The number of aryl methyl sites for hydroxylation is 1. The number of nitrogens with zero attached hydrogens (tertiary/aromatic N) is 3. The van der Waals surface area contributed by atoms with E-state index >= 15 is 4.39 Å². The number of ether oxygens (including phenoxy) is 3. The van der Waals surface area contributed by atoms with Crippen LogP contribution >= 0.6 is 0 Å². The maximum atomic E-state index is 15.2. The molecule has 0 saturated heterocycles. The van der Waals surface area contributed by atoms with E-state index in [1.807, 2.05) is 0 Å². The number of pyridine rings is 3. The predicted octanol–water partition coefficient (Wildman–Crippen LogP) is 6.98. The molecule has 46 heavy (non-hydrogen) atoms. The van der Waals surface area contributed by atoms with Crippen LogP contribution in [0.4, 0.5) is 27.6 Å². The SMILES string of the molecule is COc1cc2nccc(Oc3ccc(NC(=O)c4c(C)n(CC(F)(F)F)cc(-c5ccc(F)cc5C)c4=O)cc3F)c2nc1OC. The summed E-state index contributed by atoms with van der Waals surface area (Å²) in [4.78, 5) is 35.5. The number of fused-ring (bicyclic) bond motifs is 1. The minimum absolute atomic E-state index is 0.108. The summed E-state index contributed by atoms with van der Waals surface area (Å²) < 4.78 is 86.2. The van der Waals surface area contributed by atoms with Crippen molar-refractivity contribution in [2.75, 3.05) is 19.5 Å². The summed E-state index contributed by atoms with van der Waals surface area (Å²) in [5.74, 6) is -2.23. The predicted molar refractivity (Wildman–Crippen MR) is 159 cm³/mol. The van der Waals surface area contributed by atoms with Crippen molar-refractivity contribution in [1.82, 2.24) is 14.5 Å². The van der Waals surface area contributed by atoms with Gasteiger partial charge < -0.3 is 24.1 Å². The van der Waals surface area contributed by atoms with Gasteiger partial charge in [-0.3, -0.25) is 14.6 Å². The lowest BCUT2D eigenvalue weighted by atomic mass is 9.98. The molecular formula is C32H25F5N4O5. The largest absolute Gasteiger partial charge is 0.491 e. The summed E-state index contributed by atoms with van der Waals surface area (Å²) in [6, 6.07) is 9.87. The maximum Gasteiger partial charge on any atom is 0.406 e. The lowest BCUT2D eigenvalue weighted by Gasteiger charge is -2.19. The number of aromatic nitrogens is 3. The second-order valence-corrected chi connectivity index (χ2v) is 10.1. The number of hydrogen-bond acceptors (Lipinski definition) is 7. The fourth-order valence-electron chi connectivity index (χ4n) is 4.86. The third-order valence-corrected chi connectivity index (χ3v) is 7.03. The number of hydrogen-bond donors (Lipinski definition) is 1. The van der Waals surface area contributed by atoms with Crippen molar-refractivity contribution >= 4 is 22.6 Å². The van der Waals surface area contributed by atoms with E-state index < -0.39 is 41.3 Å². The highest BCUT2D eigenvalue weighted by Gasteiger charge is 2.31. The molecule has 1 amide bonds. The van der Waals surface area contributed by atoms with E-state index in [2.05, 4.69) is 15.3 Å². The lowest BCUT2D eigenvalue weighted by Crippen LogP contribution is -2.30. The van der Waals surface area contributed by atoms with Crippen LogP contribution in [0.25, 0.3) is 22.2 Å². The van der Waals surface area contributed by atoms with Gasteiger partial charge in [0.2, 0.25) is 5.43 Å². The third kappa shape index (κ3) is 6.46. The number of carbonyl (C=O) groups is 1. The van der Waals surface area contributed by atoms with Crippen LogP contribution in [0.3, 0.4) is 0 Å². The Morgan fingerprint density at radius 1 is 0.935 bits per heavy atom. The third-order valence-electron chi connectivity index (χ3n) is 7.03. The first-order valence-electron chi connectivity index (χ1n) is 13.5. The number of halogens is 5. The number of benzene rings is 2. The van der Waals surface area contributed by atoms with Crippen LogP contribution in [0.5, 0.6) is 23.1 Å². The quantitative estimate of drug-likeness (QED) is 0.183. The Morgan fingerprint density at radius 2 is 1.70 bits per heavy atom. The number of anilines is 1. The number of alkyl halides is 3. The summed E-state index contributed by atoms with van der Waals surface area (Å²) >= 11 is 0. The van der Waals surface area contributed by atoms with Crippen LogP contribution in [0.2, 0.25) is 0 Å². The molecule has 0 aliphatic heterocycles. The molecule has 238 valence electrons. The highest BCUT2D eigenvalue weighted by Crippen LogP contribution is 2.35. The molecule has 2 aromatic carbocycles. The zero-order chi connectivity index (χ0) is 33.3. The molecule has 3 heterocycles. The molecule has 0 radical (unpaired) electrons. The Balaban J connectivity index is 1.48. The topological polar surface area (TPSA) is 105 Å². The van der Waals surface area contributed by atoms with E-state index in [1.165, 1.54) is 58.5 Å². The van der Waals surface area contributed by atoms with Crippen LogP contribution < -0.4 is 25.0 Å². The molecule has 0 unspecified atom stereocenters. The van der Waals surface area contributed by atoms with Gasteiger partial charge in [-0.25, -0.2) is 13.8 Å². The number of nitrogens with one attached hydrogen (secondary N) is 1. The van der Waals surface area contributed by atoms with E-state index in [1.54, 1.807) is 6.07 Å². The minimum atomic E-state index is -4.69. The van der Waals surface area contributed by atoms with E-state index in [9.17, 15) is 27.2 Å². The van der Waals surface area contributed by atoms with Crippen molar-refractivity contribution in [3.05, 3.63) is 99.6 Å². The molecule has 0 atom stereocenters. The standard InChI is InChI=1S/C32H25F5N4O5/c1-16-11-18(33)5-7-20(16)21-14-41(15-32(35,36)37)17(2)27(29(21)42)30(43)39-19-6-8-24(22(34)12-19)46-25-9-10-38-23-13-26(44-3)31(45-4)40-28(23)25/h5-14H,15H2,1-4H3,(H,39,43). The summed E-state index contributed by atoms with van der Waals surface area (Å²) in [7, 11) is 2.83. The van der Waals surface area contributed by atoms with Crippen LogP contribution in [-0.2, 0) is 6.54 Å². The normalized spacial score (nSPS) is 11.4. The molecule has 3 aromatic heterocycles. The maximum absolute atomic E-state index is 15.2. The van der Waals surface area contributed by atoms with Gasteiger partial charge in [0, 0.05) is 47.5 Å². The van der Waals surface area contributed by atoms with Gasteiger partial charge in [-0.15, -0.1) is 0 Å². The molecule has 9 nitrogen and oxygen atoms in total. The molecule has 1 N–H and O–H groups in total. The van der Waals surface area contributed by atoms with Gasteiger partial charge in [0.1, 0.15) is 23.4 Å². The van der Waals surface area contributed by atoms with Crippen molar-refractivity contribution in [3.8, 4) is 34.3 Å². The van der Waals surface area contributed by atoms with Crippen LogP contribution in [0, 0.1) is 25.5 Å². The number of amides is 1. The average Bonchev–Trinajstić information content (AvgIpc) is 2.99. The van der Waals surface area contributed by atoms with Crippen molar-refractivity contribution in [2.24, 2.45) is 0 Å². The van der Waals surface area contributed by atoms with Crippen LogP contribution in [0.15, 0.2) is 65.7 Å². The van der Waals surface area contributed by atoms with Crippen molar-refractivity contribution in [2.45, 2.75) is 26.6 Å². The Morgan fingerprint density at radius 3 is 2.35 bits per heavy atom. The Labute approximate surface area is 258 Å². The average molecular weight is 641 g/mol. The lowest BCUT2D eigenvalue weighted by molar-refractivity contribution is -0.141. The summed E-state index contributed by atoms with van der Waals surface area (Å²) in [6.07, 6.45) is -2.28. The second kappa shape index (κ2) is 12.5. The van der Waals surface area contributed by atoms with Gasteiger partial charge >= 0.3 is 6.18 Å². The zero-order valence-corrected chi connectivity index (χ0v) is 24.8. The second-order valence-electron chi connectivity index (χ2n) is 10.1. The van der Waals surface area contributed by atoms with Gasteiger partial charge in [0.05, 0.1) is 19.7 Å². The molecule has 0 aliphatic carbocycles. The molecule has 5 aromatic rings. The summed E-state index contributed by atoms with van der Waals surface area (Å²) in [5.41, 5.74) is -1.03. The van der Waals surface area contributed by atoms with Crippen LogP contribution in [0.1, 0.15) is 21.6 Å². The first-order valence-corrected chi connectivity index (χ1v) is 13.5. The molecule has 0 bridgehead atoms. The first kappa shape index (κ1) is 31.9. The Bertz CT molecular complexity index is 2050. The van der Waals surface area contributed by atoms with Gasteiger partial charge in [0.25, 0.3) is 11.8 Å². The molecule has 0 saturated carbocycles. The number of carbonyl (C=O) groups excluding carboxylic acids is 1. The highest BCUT2D eigenvalue weighted by molar-refractivity contribution is 6.05. The van der Waals surface area contributed by atoms with E-state index in [4.69, 9.17) is 14.2 Å². The highest BCUT2D eigenvalue weighted by atomic mass is 19.4. The fraction of sp³-hybridized carbons (Fsp3) is 0.188. The molecule has 0 aliphatic rings. The number of rotatable bonds is 8. The molecule has 0 spiro atoms. The Hall–Kier alpha value is -5.53. The first-order chi connectivity index (χ1) is 21.8. The van der Waals surface area contributed by atoms with Crippen molar-refractivity contribution in [1.29, 1.82) is 0 Å². The van der Waals surface area contributed by atoms with Crippen LogP contribution in [-0.4, -0.2) is 40.8 Å². The van der Waals surface area contributed by atoms with E-state index in [0.29, 0.717) is 11.3 Å². The minimum Gasteiger partial charge on any atom is -0.491 e. The molecule has 0 fully saturated rings. The Kier molecular flexibility index (Phi) is 8.64. The van der Waals surface area contributed by atoms with E-state index in [0.717, 1.165) is 29.0 Å².